The SMILES string of the molecule is O=C(Nc1ccc(NCc2ccncc2)cn1)c1ccccc1. The number of benzene rings is 1. The number of rotatable bonds is 5. The Hall–Kier alpha value is -3.21. The third-order valence-corrected chi connectivity index (χ3v) is 3.29. The highest BCUT2D eigenvalue weighted by molar-refractivity contribution is 6.03. The molecule has 23 heavy (non-hydrogen) atoms. The van der Waals surface area contributed by atoms with E-state index in [4.69, 9.17) is 0 Å². The van der Waals surface area contributed by atoms with Crippen molar-refractivity contribution in [2.45, 2.75) is 6.54 Å². The number of hydrogen-bond acceptors (Lipinski definition) is 4. The van der Waals surface area contributed by atoms with Crippen LogP contribution in [0.4, 0.5) is 11.5 Å². The van der Waals surface area contributed by atoms with Crippen molar-refractivity contribution in [1.82, 2.24) is 9.97 Å². The first kappa shape index (κ1) is 14.7. The molecule has 0 saturated carbocycles. The van der Waals surface area contributed by atoms with E-state index >= 15 is 0 Å². The van der Waals surface area contributed by atoms with Crippen LogP contribution in [-0.4, -0.2) is 15.9 Å². The molecule has 0 aliphatic heterocycles. The summed E-state index contributed by atoms with van der Waals surface area (Å²) in [5.41, 5.74) is 2.63. The largest absolute Gasteiger partial charge is 0.380 e. The first-order chi connectivity index (χ1) is 11.3. The van der Waals surface area contributed by atoms with E-state index in [0.717, 1.165) is 11.3 Å². The van der Waals surface area contributed by atoms with Gasteiger partial charge in [0, 0.05) is 24.5 Å². The molecule has 2 heterocycles. The number of hydrogen-bond donors (Lipinski definition) is 2. The van der Waals surface area contributed by atoms with Gasteiger partial charge >= 0.3 is 0 Å². The van der Waals surface area contributed by atoms with Gasteiger partial charge in [-0.1, -0.05) is 18.2 Å². The molecule has 1 aromatic carbocycles. The summed E-state index contributed by atoms with van der Waals surface area (Å²) in [7, 11) is 0. The molecule has 3 rings (SSSR count). The summed E-state index contributed by atoms with van der Waals surface area (Å²) in [6.45, 7) is 0.694. The lowest BCUT2D eigenvalue weighted by Crippen LogP contribution is -2.12. The fourth-order valence-electron chi connectivity index (χ4n) is 2.06. The Morgan fingerprint density at radius 2 is 1.74 bits per heavy atom. The van der Waals surface area contributed by atoms with Gasteiger partial charge in [0.25, 0.3) is 5.91 Å². The second-order valence-electron chi connectivity index (χ2n) is 4.96. The van der Waals surface area contributed by atoms with E-state index in [1.54, 1.807) is 36.8 Å². The zero-order chi connectivity index (χ0) is 15.9. The van der Waals surface area contributed by atoms with Gasteiger partial charge in [-0.05, 0) is 42.0 Å². The average Bonchev–Trinajstić information content (AvgIpc) is 2.63. The molecule has 1 amide bonds. The number of amides is 1. The highest BCUT2D eigenvalue weighted by Gasteiger charge is 2.05. The molecule has 0 bridgehead atoms. The summed E-state index contributed by atoms with van der Waals surface area (Å²) in [4.78, 5) is 20.3. The Morgan fingerprint density at radius 3 is 2.43 bits per heavy atom. The standard InChI is InChI=1S/C18H16N4O/c23-18(15-4-2-1-3-5-15)22-17-7-6-16(13-21-17)20-12-14-8-10-19-11-9-14/h1-11,13,20H,12H2,(H,21,22,23). The number of carbonyl (C=O) groups is 1. The molecule has 0 radical (unpaired) electrons. The van der Waals surface area contributed by atoms with Crippen LogP contribution in [0.15, 0.2) is 73.2 Å². The van der Waals surface area contributed by atoms with E-state index < -0.39 is 0 Å². The average molecular weight is 304 g/mol. The molecule has 0 aliphatic carbocycles. The van der Waals surface area contributed by atoms with E-state index in [-0.39, 0.29) is 5.91 Å². The van der Waals surface area contributed by atoms with Crippen LogP contribution in [0, 0.1) is 0 Å². The third-order valence-electron chi connectivity index (χ3n) is 3.29. The van der Waals surface area contributed by atoms with Gasteiger partial charge in [0.2, 0.25) is 0 Å². The molecule has 5 nitrogen and oxygen atoms in total. The van der Waals surface area contributed by atoms with Crippen LogP contribution in [0.25, 0.3) is 0 Å². The topological polar surface area (TPSA) is 66.9 Å². The van der Waals surface area contributed by atoms with Crippen molar-refractivity contribution in [2.75, 3.05) is 10.6 Å². The van der Waals surface area contributed by atoms with Crippen molar-refractivity contribution in [2.24, 2.45) is 0 Å². The first-order valence-corrected chi connectivity index (χ1v) is 7.26. The summed E-state index contributed by atoms with van der Waals surface area (Å²) >= 11 is 0. The number of aromatic nitrogens is 2. The Morgan fingerprint density at radius 1 is 0.957 bits per heavy atom. The lowest BCUT2D eigenvalue weighted by molar-refractivity contribution is 0.102. The number of carbonyl (C=O) groups excluding carboxylic acids is 1. The highest BCUT2D eigenvalue weighted by Crippen LogP contribution is 2.12. The smallest absolute Gasteiger partial charge is 0.256 e. The van der Waals surface area contributed by atoms with Gasteiger partial charge in [-0.2, -0.15) is 0 Å². The minimum Gasteiger partial charge on any atom is -0.380 e. The van der Waals surface area contributed by atoms with Crippen LogP contribution < -0.4 is 10.6 Å². The number of anilines is 2. The molecule has 3 aromatic rings. The van der Waals surface area contributed by atoms with E-state index in [1.165, 1.54) is 0 Å². The molecule has 2 aromatic heterocycles. The minimum atomic E-state index is -0.171. The van der Waals surface area contributed by atoms with Crippen molar-refractivity contribution < 1.29 is 4.79 Å². The summed E-state index contributed by atoms with van der Waals surface area (Å²) < 4.78 is 0. The second-order valence-corrected chi connectivity index (χ2v) is 4.96. The summed E-state index contributed by atoms with van der Waals surface area (Å²) in [5.74, 6) is 0.351. The van der Waals surface area contributed by atoms with Crippen LogP contribution >= 0.6 is 0 Å². The predicted octanol–water partition coefficient (Wildman–Crippen LogP) is 3.34. The molecule has 0 fully saturated rings. The van der Waals surface area contributed by atoms with Gasteiger partial charge in [-0.3, -0.25) is 9.78 Å². The third kappa shape index (κ3) is 4.14. The molecule has 2 N–H and O–H groups in total. The molecule has 0 atom stereocenters. The molecule has 0 aliphatic rings. The normalized spacial score (nSPS) is 10.1. The van der Waals surface area contributed by atoms with Gasteiger partial charge in [-0.15, -0.1) is 0 Å². The summed E-state index contributed by atoms with van der Waals surface area (Å²) in [6, 6.07) is 16.6. The Kier molecular flexibility index (Phi) is 4.59. The molecular weight excluding hydrogens is 288 g/mol. The minimum absolute atomic E-state index is 0.171. The van der Waals surface area contributed by atoms with Crippen molar-refractivity contribution in [3.05, 3.63) is 84.3 Å². The second kappa shape index (κ2) is 7.17. The zero-order valence-corrected chi connectivity index (χ0v) is 12.4. The number of nitrogens with zero attached hydrogens (tertiary/aromatic N) is 2. The monoisotopic (exact) mass is 304 g/mol. The number of nitrogens with one attached hydrogen (secondary N) is 2. The van der Waals surface area contributed by atoms with Crippen LogP contribution in [0.5, 0.6) is 0 Å². The van der Waals surface area contributed by atoms with Gasteiger partial charge in [0.05, 0.1) is 11.9 Å². The van der Waals surface area contributed by atoms with Crippen molar-refractivity contribution in [3.8, 4) is 0 Å². The van der Waals surface area contributed by atoms with Gasteiger partial charge < -0.3 is 10.6 Å². The van der Waals surface area contributed by atoms with Crippen LogP contribution in [0.3, 0.4) is 0 Å². The molecule has 0 spiro atoms. The maximum atomic E-state index is 12.0. The summed E-state index contributed by atoms with van der Waals surface area (Å²) in [6.07, 6.45) is 5.22. The van der Waals surface area contributed by atoms with E-state index in [0.29, 0.717) is 17.9 Å². The molecule has 0 saturated heterocycles. The first-order valence-electron chi connectivity index (χ1n) is 7.26. The fraction of sp³-hybridized carbons (Fsp3) is 0.0556. The Balaban J connectivity index is 1.58. The van der Waals surface area contributed by atoms with E-state index in [1.807, 2.05) is 36.4 Å². The Labute approximate surface area is 134 Å². The van der Waals surface area contributed by atoms with E-state index in [9.17, 15) is 4.79 Å². The highest BCUT2D eigenvalue weighted by atomic mass is 16.1. The van der Waals surface area contributed by atoms with Crippen LogP contribution in [-0.2, 0) is 6.54 Å². The van der Waals surface area contributed by atoms with Crippen molar-refractivity contribution >= 4 is 17.4 Å². The van der Waals surface area contributed by atoms with Gasteiger partial charge in [0.15, 0.2) is 0 Å². The lowest BCUT2D eigenvalue weighted by Gasteiger charge is -2.08. The quantitative estimate of drug-likeness (QED) is 0.758. The Bertz CT molecular complexity index is 758. The molecule has 114 valence electrons. The van der Waals surface area contributed by atoms with Crippen molar-refractivity contribution in [1.29, 1.82) is 0 Å². The zero-order valence-electron chi connectivity index (χ0n) is 12.4. The molecule has 0 unspecified atom stereocenters. The molecular formula is C18H16N4O. The van der Waals surface area contributed by atoms with Crippen molar-refractivity contribution in [3.63, 3.8) is 0 Å². The van der Waals surface area contributed by atoms with Gasteiger partial charge in [0.1, 0.15) is 5.82 Å². The van der Waals surface area contributed by atoms with Gasteiger partial charge in [-0.25, -0.2) is 4.98 Å². The lowest BCUT2D eigenvalue weighted by atomic mass is 10.2. The fourth-order valence-corrected chi connectivity index (χ4v) is 2.06. The summed E-state index contributed by atoms with van der Waals surface area (Å²) in [5, 5.41) is 6.04. The number of pyridine rings is 2. The van der Waals surface area contributed by atoms with Crippen LogP contribution in [0.1, 0.15) is 15.9 Å². The van der Waals surface area contributed by atoms with Crippen LogP contribution in [0.2, 0.25) is 0 Å². The predicted molar refractivity (Wildman–Crippen MR) is 90.2 cm³/mol. The maximum Gasteiger partial charge on any atom is 0.256 e. The molecule has 5 heteroatoms. The van der Waals surface area contributed by atoms with E-state index in [2.05, 4.69) is 20.6 Å². The maximum absolute atomic E-state index is 12.0.